The summed E-state index contributed by atoms with van der Waals surface area (Å²) in [5.74, 6) is 1.23. The normalized spacial score (nSPS) is 20.9. The van der Waals surface area contributed by atoms with Gasteiger partial charge in [0.05, 0.1) is 11.3 Å². The molecule has 3 rings (SSSR count). The maximum Gasteiger partial charge on any atom is 0.325 e. The van der Waals surface area contributed by atoms with Crippen molar-refractivity contribution in [3.8, 4) is 11.3 Å². The number of hydrogen-bond donors (Lipinski definition) is 2. The van der Waals surface area contributed by atoms with E-state index in [0.717, 1.165) is 17.7 Å². The molecule has 0 aromatic carbocycles. The Kier molecular flexibility index (Phi) is 3.00. The van der Waals surface area contributed by atoms with Crippen LogP contribution < -0.4 is 11.2 Å². The van der Waals surface area contributed by atoms with Crippen LogP contribution in [0.4, 0.5) is 0 Å². The van der Waals surface area contributed by atoms with Crippen molar-refractivity contribution in [2.45, 2.75) is 32.6 Å². The lowest BCUT2D eigenvalue weighted by molar-refractivity contribution is 0.758. The van der Waals surface area contributed by atoms with E-state index in [0.29, 0.717) is 23.1 Å². The van der Waals surface area contributed by atoms with Crippen LogP contribution in [-0.4, -0.2) is 20.2 Å². The van der Waals surface area contributed by atoms with E-state index in [-0.39, 0.29) is 0 Å². The molecule has 0 bridgehead atoms. The molecule has 0 amide bonds. The standard InChI is InChI=1S/C14H16N4O2/c1-3-8-4-10(8)9-5-12(18-17-7(9)2)11-6-15-14(20)16-13(11)19/h5-6,8,10H,3-4H2,1-2H3,(H2,15,16,19,20)/t8-,10-/m0/s1. The first-order valence-electron chi connectivity index (χ1n) is 6.76. The molecule has 0 saturated heterocycles. The van der Waals surface area contributed by atoms with Gasteiger partial charge in [-0.2, -0.15) is 5.10 Å². The van der Waals surface area contributed by atoms with Gasteiger partial charge < -0.3 is 4.98 Å². The summed E-state index contributed by atoms with van der Waals surface area (Å²) in [6, 6.07) is 1.92. The fourth-order valence-electron chi connectivity index (χ4n) is 2.65. The monoisotopic (exact) mass is 272 g/mol. The quantitative estimate of drug-likeness (QED) is 0.882. The van der Waals surface area contributed by atoms with Gasteiger partial charge in [0, 0.05) is 6.20 Å². The van der Waals surface area contributed by atoms with Crippen LogP contribution in [0, 0.1) is 12.8 Å². The third kappa shape index (κ3) is 2.17. The predicted octanol–water partition coefficient (Wildman–Crippen LogP) is 1.34. The van der Waals surface area contributed by atoms with Crippen LogP contribution in [0.2, 0.25) is 0 Å². The Morgan fingerprint density at radius 1 is 1.35 bits per heavy atom. The van der Waals surface area contributed by atoms with Crippen molar-refractivity contribution >= 4 is 0 Å². The molecule has 2 atom stereocenters. The zero-order valence-corrected chi connectivity index (χ0v) is 11.4. The second-order valence-corrected chi connectivity index (χ2v) is 5.27. The van der Waals surface area contributed by atoms with Crippen molar-refractivity contribution in [3.63, 3.8) is 0 Å². The third-order valence-corrected chi connectivity index (χ3v) is 3.96. The maximum absolute atomic E-state index is 11.8. The van der Waals surface area contributed by atoms with Gasteiger partial charge in [-0.3, -0.25) is 9.78 Å². The highest BCUT2D eigenvalue weighted by Gasteiger charge is 2.38. The summed E-state index contributed by atoms with van der Waals surface area (Å²) in [6.07, 6.45) is 3.71. The van der Waals surface area contributed by atoms with E-state index < -0.39 is 11.2 Å². The molecule has 1 aliphatic carbocycles. The molecule has 1 fully saturated rings. The number of H-pyrrole nitrogens is 2. The molecule has 0 unspecified atom stereocenters. The minimum atomic E-state index is -0.521. The molecule has 20 heavy (non-hydrogen) atoms. The maximum atomic E-state index is 11.8. The van der Waals surface area contributed by atoms with Crippen LogP contribution in [0.5, 0.6) is 0 Å². The summed E-state index contributed by atoms with van der Waals surface area (Å²) in [7, 11) is 0. The number of nitrogens with zero attached hydrogens (tertiary/aromatic N) is 2. The minimum absolute atomic E-state index is 0.340. The van der Waals surface area contributed by atoms with Crippen molar-refractivity contribution in [2.75, 3.05) is 0 Å². The van der Waals surface area contributed by atoms with Crippen LogP contribution >= 0.6 is 0 Å². The molecule has 2 aromatic rings. The van der Waals surface area contributed by atoms with E-state index in [2.05, 4.69) is 27.1 Å². The van der Waals surface area contributed by atoms with Crippen LogP contribution in [0.25, 0.3) is 11.3 Å². The molecule has 2 N–H and O–H groups in total. The van der Waals surface area contributed by atoms with E-state index >= 15 is 0 Å². The highest BCUT2D eigenvalue weighted by atomic mass is 16.2. The lowest BCUT2D eigenvalue weighted by Gasteiger charge is -2.06. The first-order valence-corrected chi connectivity index (χ1v) is 6.76. The Labute approximate surface area is 115 Å². The Hall–Kier alpha value is -2.24. The molecular weight excluding hydrogens is 256 g/mol. The highest BCUT2D eigenvalue weighted by Crippen LogP contribution is 2.50. The molecule has 2 heterocycles. The first kappa shape index (κ1) is 12.8. The Morgan fingerprint density at radius 2 is 2.15 bits per heavy atom. The van der Waals surface area contributed by atoms with Gasteiger partial charge in [0.1, 0.15) is 5.69 Å². The Balaban J connectivity index is 2.05. The molecule has 1 aliphatic rings. The number of rotatable bonds is 3. The van der Waals surface area contributed by atoms with Crippen molar-refractivity contribution in [1.82, 2.24) is 20.2 Å². The number of nitrogens with one attached hydrogen (secondary N) is 2. The molecule has 104 valence electrons. The number of aromatic nitrogens is 4. The summed E-state index contributed by atoms with van der Waals surface area (Å²) in [5.41, 5.74) is 1.95. The molecular formula is C14H16N4O2. The van der Waals surface area contributed by atoms with Crippen molar-refractivity contribution in [1.29, 1.82) is 0 Å². The van der Waals surface area contributed by atoms with E-state index in [1.807, 2.05) is 13.0 Å². The van der Waals surface area contributed by atoms with Crippen LogP contribution in [-0.2, 0) is 0 Å². The molecule has 0 radical (unpaired) electrons. The first-order chi connectivity index (χ1) is 9.60. The van der Waals surface area contributed by atoms with Crippen LogP contribution in [0.15, 0.2) is 21.9 Å². The van der Waals surface area contributed by atoms with Gasteiger partial charge in [-0.15, -0.1) is 5.10 Å². The average Bonchev–Trinajstić information content (AvgIpc) is 3.19. The summed E-state index contributed by atoms with van der Waals surface area (Å²) in [5, 5.41) is 8.22. The van der Waals surface area contributed by atoms with Gasteiger partial charge in [-0.1, -0.05) is 13.3 Å². The topological polar surface area (TPSA) is 91.5 Å². The van der Waals surface area contributed by atoms with Crippen molar-refractivity contribution in [2.24, 2.45) is 5.92 Å². The summed E-state index contributed by atoms with van der Waals surface area (Å²) >= 11 is 0. The van der Waals surface area contributed by atoms with Gasteiger partial charge in [-0.25, -0.2) is 4.79 Å². The van der Waals surface area contributed by atoms with E-state index in [4.69, 9.17) is 0 Å². The number of aromatic amines is 2. The van der Waals surface area contributed by atoms with Crippen molar-refractivity contribution < 1.29 is 0 Å². The van der Waals surface area contributed by atoms with Gasteiger partial charge in [0.25, 0.3) is 5.56 Å². The third-order valence-electron chi connectivity index (χ3n) is 3.96. The van der Waals surface area contributed by atoms with Gasteiger partial charge >= 0.3 is 5.69 Å². The number of hydrogen-bond acceptors (Lipinski definition) is 4. The van der Waals surface area contributed by atoms with E-state index in [1.54, 1.807) is 0 Å². The van der Waals surface area contributed by atoms with Crippen LogP contribution in [0.1, 0.15) is 36.9 Å². The molecule has 2 aromatic heterocycles. The van der Waals surface area contributed by atoms with Gasteiger partial charge in [0.2, 0.25) is 0 Å². The predicted molar refractivity (Wildman–Crippen MR) is 74.6 cm³/mol. The average molecular weight is 272 g/mol. The largest absolute Gasteiger partial charge is 0.325 e. The molecule has 6 nitrogen and oxygen atoms in total. The second kappa shape index (κ2) is 4.70. The van der Waals surface area contributed by atoms with Crippen molar-refractivity contribution in [3.05, 3.63) is 44.4 Å². The molecule has 6 heteroatoms. The van der Waals surface area contributed by atoms with Gasteiger partial charge in [0.15, 0.2) is 0 Å². The lowest BCUT2D eigenvalue weighted by Crippen LogP contribution is -2.23. The molecule has 0 aliphatic heterocycles. The second-order valence-electron chi connectivity index (χ2n) is 5.27. The smallest absolute Gasteiger partial charge is 0.313 e. The fraction of sp³-hybridized carbons (Fsp3) is 0.429. The Bertz CT molecular complexity index is 762. The van der Waals surface area contributed by atoms with E-state index in [1.165, 1.54) is 12.6 Å². The number of aryl methyl sites for hydroxylation is 1. The Morgan fingerprint density at radius 3 is 2.80 bits per heavy atom. The van der Waals surface area contributed by atoms with E-state index in [9.17, 15) is 9.59 Å². The SMILES string of the molecule is CC[C@H]1C[C@@H]1c1cc(-c2c[nH]c(=O)[nH]c2=O)nnc1C. The lowest BCUT2D eigenvalue weighted by atomic mass is 10.1. The molecule has 0 spiro atoms. The summed E-state index contributed by atoms with van der Waals surface area (Å²) in [6.45, 7) is 4.12. The van der Waals surface area contributed by atoms with Gasteiger partial charge in [-0.05, 0) is 36.8 Å². The summed E-state index contributed by atoms with van der Waals surface area (Å²) < 4.78 is 0. The minimum Gasteiger partial charge on any atom is -0.313 e. The molecule has 1 saturated carbocycles. The zero-order valence-electron chi connectivity index (χ0n) is 11.4. The zero-order chi connectivity index (χ0) is 14.3. The van der Waals surface area contributed by atoms with Crippen LogP contribution in [0.3, 0.4) is 0 Å². The summed E-state index contributed by atoms with van der Waals surface area (Å²) in [4.78, 5) is 27.5. The highest BCUT2D eigenvalue weighted by molar-refractivity contribution is 5.57. The fourth-order valence-corrected chi connectivity index (χ4v) is 2.65.